The highest BCUT2D eigenvalue weighted by molar-refractivity contribution is 6.26. The lowest BCUT2D eigenvalue weighted by atomic mass is 9.79. The predicted octanol–water partition coefficient (Wildman–Crippen LogP) is 2.11. The van der Waals surface area contributed by atoms with Crippen LogP contribution in [0.1, 0.15) is 18.9 Å². The zero-order chi connectivity index (χ0) is 12.7. The van der Waals surface area contributed by atoms with Gasteiger partial charge in [0.05, 0.1) is 12.0 Å². The number of benzene rings is 1. The molecule has 0 saturated carbocycles. The second kappa shape index (κ2) is 6.62. The summed E-state index contributed by atoms with van der Waals surface area (Å²) >= 11 is 5.38. The molecule has 1 aromatic rings. The van der Waals surface area contributed by atoms with Crippen molar-refractivity contribution in [2.45, 2.75) is 18.8 Å². The molecule has 0 amide bonds. The molecule has 0 spiro atoms. The molecule has 17 heavy (non-hydrogen) atoms. The van der Waals surface area contributed by atoms with E-state index in [0.717, 1.165) is 5.56 Å². The number of carbonyl (C=O) groups excluding carboxylic acids is 1. The summed E-state index contributed by atoms with van der Waals surface area (Å²) in [5.74, 6) is -0.631. The number of rotatable bonds is 6. The number of hydrogen-bond acceptors (Lipinski definition) is 3. The second-order valence-corrected chi connectivity index (χ2v) is 4.22. The lowest BCUT2D eigenvalue weighted by molar-refractivity contribution is -0.143. The van der Waals surface area contributed by atoms with Gasteiger partial charge in [-0.15, -0.1) is 11.6 Å². The standard InChI is InChI=1S/C13H17ClO3/c1-2-13(9-15,10-17-12(16)8-14)11-6-4-3-5-7-11/h3-7,15H,2,8-10H2,1H3/t13-/m0/s1. The van der Waals surface area contributed by atoms with Crippen LogP contribution >= 0.6 is 11.6 Å². The summed E-state index contributed by atoms with van der Waals surface area (Å²) in [5, 5.41) is 9.59. The largest absolute Gasteiger partial charge is 0.464 e. The van der Waals surface area contributed by atoms with Gasteiger partial charge in [0.15, 0.2) is 0 Å². The highest BCUT2D eigenvalue weighted by Gasteiger charge is 2.31. The monoisotopic (exact) mass is 256 g/mol. The second-order valence-electron chi connectivity index (χ2n) is 3.95. The van der Waals surface area contributed by atoms with Crippen molar-refractivity contribution in [3.8, 4) is 0 Å². The summed E-state index contributed by atoms with van der Waals surface area (Å²) in [6, 6.07) is 9.56. The Morgan fingerprint density at radius 2 is 2.06 bits per heavy atom. The molecule has 1 atom stereocenters. The Bertz CT molecular complexity index is 347. The SMILES string of the molecule is CC[C@](CO)(COC(=O)CCl)c1ccccc1. The molecule has 1 N–H and O–H groups in total. The van der Waals surface area contributed by atoms with E-state index < -0.39 is 11.4 Å². The maximum Gasteiger partial charge on any atom is 0.320 e. The smallest absolute Gasteiger partial charge is 0.320 e. The summed E-state index contributed by atoms with van der Waals surface area (Å²) in [5.41, 5.74) is 0.426. The van der Waals surface area contributed by atoms with Crippen LogP contribution in [0.25, 0.3) is 0 Å². The molecule has 0 aliphatic carbocycles. The van der Waals surface area contributed by atoms with Crippen LogP contribution < -0.4 is 0 Å². The minimum atomic E-state index is -0.539. The number of ether oxygens (including phenoxy) is 1. The van der Waals surface area contributed by atoms with Crippen LogP contribution in [0.5, 0.6) is 0 Å². The van der Waals surface area contributed by atoms with Crippen molar-refractivity contribution in [1.29, 1.82) is 0 Å². The lowest BCUT2D eigenvalue weighted by Crippen LogP contribution is -2.36. The van der Waals surface area contributed by atoms with Crippen molar-refractivity contribution in [3.05, 3.63) is 35.9 Å². The lowest BCUT2D eigenvalue weighted by Gasteiger charge is -2.30. The van der Waals surface area contributed by atoms with Crippen molar-refractivity contribution in [1.82, 2.24) is 0 Å². The first kappa shape index (κ1) is 14.0. The number of alkyl halides is 1. The first-order valence-electron chi connectivity index (χ1n) is 5.56. The molecular formula is C13H17ClO3. The molecule has 0 heterocycles. The van der Waals surface area contributed by atoms with Crippen LogP contribution in [0.4, 0.5) is 0 Å². The van der Waals surface area contributed by atoms with E-state index in [0.29, 0.717) is 6.42 Å². The third kappa shape index (κ3) is 3.45. The van der Waals surface area contributed by atoms with Crippen LogP contribution in [0, 0.1) is 0 Å². The van der Waals surface area contributed by atoms with E-state index in [1.165, 1.54) is 0 Å². The van der Waals surface area contributed by atoms with E-state index in [2.05, 4.69) is 0 Å². The average molecular weight is 257 g/mol. The van der Waals surface area contributed by atoms with Gasteiger partial charge in [0.25, 0.3) is 0 Å². The molecule has 94 valence electrons. The molecule has 3 nitrogen and oxygen atoms in total. The number of aliphatic hydroxyl groups excluding tert-OH is 1. The van der Waals surface area contributed by atoms with E-state index in [-0.39, 0.29) is 19.1 Å². The van der Waals surface area contributed by atoms with Crippen molar-refractivity contribution in [2.24, 2.45) is 0 Å². The number of halogens is 1. The molecule has 0 aliphatic heterocycles. The maximum atomic E-state index is 11.1. The summed E-state index contributed by atoms with van der Waals surface area (Å²) in [6.07, 6.45) is 0.684. The molecule has 0 bridgehead atoms. The Hall–Kier alpha value is -1.06. The number of carbonyl (C=O) groups is 1. The molecule has 0 radical (unpaired) electrons. The minimum absolute atomic E-state index is 0.0664. The Labute approximate surface area is 106 Å². The van der Waals surface area contributed by atoms with Gasteiger partial charge in [-0.2, -0.15) is 0 Å². The fourth-order valence-electron chi connectivity index (χ4n) is 1.69. The summed E-state index contributed by atoms with van der Waals surface area (Å²) in [4.78, 5) is 11.1. The molecule has 0 aromatic heterocycles. The Kier molecular flexibility index (Phi) is 5.45. The van der Waals surface area contributed by atoms with E-state index in [4.69, 9.17) is 16.3 Å². The van der Waals surface area contributed by atoms with Gasteiger partial charge in [-0.3, -0.25) is 4.79 Å². The zero-order valence-electron chi connectivity index (χ0n) is 9.86. The number of esters is 1. The van der Waals surface area contributed by atoms with Gasteiger partial charge >= 0.3 is 5.97 Å². The van der Waals surface area contributed by atoms with E-state index in [1.807, 2.05) is 37.3 Å². The average Bonchev–Trinajstić information content (AvgIpc) is 2.41. The van der Waals surface area contributed by atoms with Gasteiger partial charge in [-0.25, -0.2) is 0 Å². The van der Waals surface area contributed by atoms with Crippen LogP contribution in [-0.4, -0.2) is 30.2 Å². The van der Waals surface area contributed by atoms with Crippen LogP contribution in [0.3, 0.4) is 0 Å². The first-order valence-corrected chi connectivity index (χ1v) is 6.10. The predicted molar refractivity (Wildman–Crippen MR) is 67.2 cm³/mol. The number of hydrogen-bond donors (Lipinski definition) is 1. The Morgan fingerprint density at radius 3 is 2.53 bits per heavy atom. The fourth-order valence-corrected chi connectivity index (χ4v) is 1.76. The van der Waals surface area contributed by atoms with Gasteiger partial charge in [-0.1, -0.05) is 37.3 Å². The van der Waals surface area contributed by atoms with Crippen LogP contribution in [-0.2, 0) is 14.9 Å². The normalized spacial score (nSPS) is 14.1. The molecule has 1 aromatic carbocycles. The number of aliphatic hydroxyl groups is 1. The van der Waals surface area contributed by atoms with Gasteiger partial charge in [0, 0.05) is 0 Å². The highest BCUT2D eigenvalue weighted by Crippen LogP contribution is 2.27. The van der Waals surface area contributed by atoms with Crippen LogP contribution in [0.2, 0.25) is 0 Å². The molecule has 0 aliphatic rings. The van der Waals surface area contributed by atoms with Crippen molar-refractivity contribution < 1.29 is 14.6 Å². The first-order chi connectivity index (χ1) is 8.18. The summed E-state index contributed by atoms with van der Waals surface area (Å²) in [7, 11) is 0. The third-order valence-electron chi connectivity index (χ3n) is 2.98. The zero-order valence-corrected chi connectivity index (χ0v) is 10.6. The van der Waals surface area contributed by atoms with Gasteiger partial charge in [0.1, 0.15) is 12.5 Å². The highest BCUT2D eigenvalue weighted by atomic mass is 35.5. The summed E-state index contributed by atoms with van der Waals surface area (Å²) in [6.45, 7) is 2.04. The summed E-state index contributed by atoms with van der Waals surface area (Å²) < 4.78 is 5.06. The van der Waals surface area contributed by atoms with Gasteiger partial charge in [-0.05, 0) is 12.0 Å². The maximum absolute atomic E-state index is 11.1. The van der Waals surface area contributed by atoms with Crippen LogP contribution in [0.15, 0.2) is 30.3 Å². The van der Waals surface area contributed by atoms with Crippen molar-refractivity contribution >= 4 is 17.6 Å². The topological polar surface area (TPSA) is 46.5 Å². The van der Waals surface area contributed by atoms with E-state index in [9.17, 15) is 9.90 Å². The quantitative estimate of drug-likeness (QED) is 0.626. The van der Waals surface area contributed by atoms with Gasteiger partial charge in [0.2, 0.25) is 0 Å². The Balaban J connectivity index is 2.86. The van der Waals surface area contributed by atoms with E-state index in [1.54, 1.807) is 0 Å². The fraction of sp³-hybridized carbons (Fsp3) is 0.462. The molecule has 0 saturated heterocycles. The van der Waals surface area contributed by atoms with Crippen molar-refractivity contribution in [3.63, 3.8) is 0 Å². The molecular weight excluding hydrogens is 240 g/mol. The molecule has 4 heteroatoms. The minimum Gasteiger partial charge on any atom is -0.464 e. The molecule has 0 unspecified atom stereocenters. The Morgan fingerprint density at radius 1 is 1.41 bits per heavy atom. The molecule has 1 rings (SSSR count). The van der Waals surface area contributed by atoms with E-state index >= 15 is 0 Å². The van der Waals surface area contributed by atoms with Gasteiger partial charge < -0.3 is 9.84 Å². The van der Waals surface area contributed by atoms with Crippen molar-refractivity contribution in [2.75, 3.05) is 19.1 Å². The molecule has 0 fully saturated rings. The third-order valence-corrected chi connectivity index (χ3v) is 3.20.